The van der Waals surface area contributed by atoms with E-state index in [1.807, 2.05) is 6.92 Å². The molecule has 0 spiro atoms. The average molecular weight is 328 g/mol. The molecular formula is C13H14ClN3O3S. The van der Waals surface area contributed by atoms with Crippen LogP contribution in [-0.4, -0.2) is 33.2 Å². The second-order valence-corrected chi connectivity index (χ2v) is 6.13. The van der Waals surface area contributed by atoms with E-state index in [0.29, 0.717) is 28.4 Å². The molecule has 112 valence electrons. The van der Waals surface area contributed by atoms with Crippen molar-refractivity contribution < 1.29 is 14.7 Å². The summed E-state index contributed by atoms with van der Waals surface area (Å²) in [6.07, 6.45) is 2.41. The maximum Gasteiger partial charge on any atom is 0.326 e. The van der Waals surface area contributed by atoms with Crippen LogP contribution in [0.5, 0.6) is 0 Å². The lowest BCUT2D eigenvalue weighted by atomic mass is 10.1. The van der Waals surface area contributed by atoms with Crippen LogP contribution in [0.3, 0.4) is 0 Å². The summed E-state index contributed by atoms with van der Waals surface area (Å²) in [6.45, 7) is 1.86. The van der Waals surface area contributed by atoms with Gasteiger partial charge in [0.2, 0.25) is 0 Å². The van der Waals surface area contributed by atoms with Gasteiger partial charge in [0.15, 0.2) is 0 Å². The minimum absolute atomic E-state index is 0.302. The molecule has 3 N–H and O–H groups in total. The smallest absolute Gasteiger partial charge is 0.326 e. The van der Waals surface area contributed by atoms with Gasteiger partial charge < -0.3 is 10.4 Å². The number of nitrogens with one attached hydrogen (secondary N) is 2. The van der Waals surface area contributed by atoms with Crippen LogP contribution >= 0.6 is 22.9 Å². The van der Waals surface area contributed by atoms with Crippen molar-refractivity contribution in [3.63, 3.8) is 0 Å². The molecule has 0 aliphatic heterocycles. The Labute approximate surface area is 130 Å². The van der Waals surface area contributed by atoms with Crippen LogP contribution in [-0.2, 0) is 4.79 Å². The van der Waals surface area contributed by atoms with Gasteiger partial charge in [-0.25, -0.2) is 4.79 Å². The van der Waals surface area contributed by atoms with Gasteiger partial charge in [-0.05, 0) is 18.6 Å². The maximum atomic E-state index is 12.2. The number of carboxylic acid groups (broad SMARTS) is 1. The molecule has 0 radical (unpaired) electrons. The molecule has 2 aromatic heterocycles. The molecular weight excluding hydrogens is 314 g/mol. The summed E-state index contributed by atoms with van der Waals surface area (Å²) in [5.41, 5.74) is 0.834. The number of halogens is 1. The van der Waals surface area contributed by atoms with E-state index < -0.39 is 17.9 Å². The monoisotopic (exact) mass is 327 g/mol. The molecule has 2 rings (SSSR count). The first-order valence-corrected chi connectivity index (χ1v) is 7.55. The van der Waals surface area contributed by atoms with Crippen LogP contribution in [0, 0.1) is 0 Å². The van der Waals surface area contributed by atoms with E-state index in [2.05, 4.69) is 15.5 Å². The topological polar surface area (TPSA) is 95.1 Å². The number of hydrogen-bond acceptors (Lipinski definition) is 4. The van der Waals surface area contributed by atoms with E-state index in [1.54, 1.807) is 12.1 Å². The third-order valence-electron chi connectivity index (χ3n) is 2.88. The van der Waals surface area contributed by atoms with Gasteiger partial charge in [0.25, 0.3) is 5.91 Å². The van der Waals surface area contributed by atoms with Crippen molar-refractivity contribution in [1.29, 1.82) is 0 Å². The lowest BCUT2D eigenvalue weighted by Crippen LogP contribution is -2.40. The van der Waals surface area contributed by atoms with Crippen molar-refractivity contribution in [1.82, 2.24) is 15.5 Å². The Kier molecular flexibility index (Phi) is 4.98. The number of H-pyrrole nitrogens is 1. The second kappa shape index (κ2) is 6.73. The fourth-order valence-electron chi connectivity index (χ4n) is 1.88. The zero-order valence-electron chi connectivity index (χ0n) is 11.2. The summed E-state index contributed by atoms with van der Waals surface area (Å²) < 4.78 is 0.598. The minimum atomic E-state index is -1.05. The Bertz CT molecular complexity index is 653. The van der Waals surface area contributed by atoms with Crippen LogP contribution in [0.15, 0.2) is 18.3 Å². The molecule has 1 amide bonds. The summed E-state index contributed by atoms with van der Waals surface area (Å²) in [6, 6.07) is 2.59. The van der Waals surface area contributed by atoms with E-state index in [9.17, 15) is 9.59 Å². The summed E-state index contributed by atoms with van der Waals surface area (Å²) in [5, 5.41) is 18.2. The van der Waals surface area contributed by atoms with Gasteiger partial charge >= 0.3 is 5.97 Å². The lowest BCUT2D eigenvalue weighted by Gasteiger charge is -2.13. The standard InChI is InChI=1S/C13H14ClN3O3S/c1-2-3-8(13(19)20)16-12(18)7-6-15-17-11(7)9-4-5-10(14)21-9/h4-6,8H,2-3H2,1H3,(H,15,17)(H,16,18)(H,19,20). The summed E-state index contributed by atoms with van der Waals surface area (Å²) in [4.78, 5) is 24.1. The number of thiophene rings is 1. The van der Waals surface area contributed by atoms with Gasteiger partial charge in [-0.2, -0.15) is 5.10 Å². The fourth-order valence-corrected chi connectivity index (χ4v) is 2.93. The predicted octanol–water partition coefficient (Wildman–Crippen LogP) is 2.77. The highest BCUT2D eigenvalue weighted by atomic mass is 35.5. The quantitative estimate of drug-likeness (QED) is 0.760. The molecule has 21 heavy (non-hydrogen) atoms. The highest BCUT2D eigenvalue weighted by molar-refractivity contribution is 7.19. The van der Waals surface area contributed by atoms with Crippen molar-refractivity contribution >= 4 is 34.8 Å². The zero-order chi connectivity index (χ0) is 15.4. The van der Waals surface area contributed by atoms with Gasteiger partial charge in [-0.1, -0.05) is 24.9 Å². The largest absolute Gasteiger partial charge is 0.480 e. The molecule has 0 aliphatic carbocycles. The van der Waals surface area contributed by atoms with E-state index >= 15 is 0 Å². The van der Waals surface area contributed by atoms with E-state index in [0.717, 1.165) is 4.88 Å². The predicted molar refractivity (Wildman–Crippen MR) is 80.7 cm³/mol. The zero-order valence-corrected chi connectivity index (χ0v) is 12.8. The number of carboxylic acids is 1. The molecule has 0 saturated heterocycles. The Balaban J connectivity index is 2.20. The van der Waals surface area contributed by atoms with Gasteiger partial charge in [-0.15, -0.1) is 11.3 Å². The first kappa shape index (κ1) is 15.5. The van der Waals surface area contributed by atoms with Crippen LogP contribution in [0.2, 0.25) is 4.34 Å². The number of carbonyl (C=O) groups excluding carboxylic acids is 1. The van der Waals surface area contributed by atoms with Crippen LogP contribution in [0.4, 0.5) is 0 Å². The molecule has 6 nitrogen and oxygen atoms in total. The summed E-state index contributed by atoms with van der Waals surface area (Å²) in [7, 11) is 0. The van der Waals surface area contributed by atoms with Crippen LogP contribution < -0.4 is 5.32 Å². The number of carbonyl (C=O) groups is 2. The first-order chi connectivity index (χ1) is 10.0. The van der Waals surface area contributed by atoms with E-state index in [1.165, 1.54) is 17.5 Å². The third kappa shape index (κ3) is 3.62. The number of aromatic amines is 1. The van der Waals surface area contributed by atoms with E-state index in [-0.39, 0.29) is 0 Å². The highest BCUT2D eigenvalue weighted by Gasteiger charge is 2.23. The Morgan fingerprint density at radius 2 is 2.29 bits per heavy atom. The number of hydrogen-bond donors (Lipinski definition) is 3. The van der Waals surface area contributed by atoms with Crippen LogP contribution in [0.1, 0.15) is 30.1 Å². The lowest BCUT2D eigenvalue weighted by molar-refractivity contribution is -0.139. The Hall–Kier alpha value is -1.86. The summed E-state index contributed by atoms with van der Waals surface area (Å²) >= 11 is 7.19. The van der Waals surface area contributed by atoms with E-state index in [4.69, 9.17) is 16.7 Å². The normalized spacial score (nSPS) is 12.1. The molecule has 0 saturated carbocycles. The molecule has 0 aliphatic rings. The minimum Gasteiger partial charge on any atom is -0.480 e. The molecule has 2 heterocycles. The van der Waals surface area contributed by atoms with Gasteiger partial charge in [0.1, 0.15) is 6.04 Å². The highest BCUT2D eigenvalue weighted by Crippen LogP contribution is 2.31. The Morgan fingerprint density at radius 1 is 1.52 bits per heavy atom. The van der Waals surface area contributed by atoms with Gasteiger partial charge in [-0.3, -0.25) is 9.89 Å². The number of nitrogens with zero attached hydrogens (tertiary/aromatic N) is 1. The average Bonchev–Trinajstić information content (AvgIpc) is 3.06. The molecule has 1 unspecified atom stereocenters. The number of amides is 1. The molecule has 8 heteroatoms. The summed E-state index contributed by atoms with van der Waals surface area (Å²) in [5.74, 6) is -1.52. The van der Waals surface area contributed by atoms with Crippen LogP contribution in [0.25, 0.3) is 10.6 Å². The maximum absolute atomic E-state index is 12.2. The van der Waals surface area contributed by atoms with Crippen molar-refractivity contribution in [3.05, 3.63) is 28.2 Å². The van der Waals surface area contributed by atoms with Crippen molar-refractivity contribution in [2.75, 3.05) is 0 Å². The number of aliphatic carboxylic acids is 1. The SMILES string of the molecule is CCCC(NC(=O)c1cn[nH]c1-c1ccc(Cl)s1)C(=O)O. The first-order valence-electron chi connectivity index (χ1n) is 6.35. The molecule has 1 atom stereocenters. The molecule has 0 bridgehead atoms. The van der Waals surface area contributed by atoms with Gasteiger partial charge in [0, 0.05) is 0 Å². The fraction of sp³-hybridized carbons (Fsp3) is 0.308. The second-order valence-electron chi connectivity index (χ2n) is 4.42. The van der Waals surface area contributed by atoms with Gasteiger partial charge in [0.05, 0.1) is 26.7 Å². The van der Waals surface area contributed by atoms with Crippen molar-refractivity contribution in [3.8, 4) is 10.6 Å². The van der Waals surface area contributed by atoms with Crippen molar-refractivity contribution in [2.24, 2.45) is 0 Å². The molecule has 2 aromatic rings. The number of rotatable bonds is 6. The third-order valence-corrected chi connectivity index (χ3v) is 4.13. The Morgan fingerprint density at radius 3 is 2.86 bits per heavy atom. The van der Waals surface area contributed by atoms with Crippen molar-refractivity contribution in [2.45, 2.75) is 25.8 Å². The molecule has 0 fully saturated rings. The number of aromatic nitrogens is 2. The molecule has 0 aromatic carbocycles.